The van der Waals surface area contributed by atoms with Crippen molar-refractivity contribution in [1.82, 2.24) is 4.90 Å². The van der Waals surface area contributed by atoms with Crippen molar-refractivity contribution >= 4 is 21.6 Å². The van der Waals surface area contributed by atoms with Gasteiger partial charge in [-0.05, 0) is 55.1 Å². The largest absolute Gasteiger partial charge is 0.416 e. The molecule has 1 N–H and O–H groups in total. The number of alkyl halides is 3. The molecular weight excluding hydrogens is 309 g/mol. The summed E-state index contributed by atoms with van der Waals surface area (Å²) in [5.41, 5.74) is 0.0114. The summed E-state index contributed by atoms with van der Waals surface area (Å²) in [5, 5.41) is 3.12. The van der Waals surface area contributed by atoms with Crippen LogP contribution in [0.15, 0.2) is 22.7 Å². The number of nitrogens with one attached hydrogen (secondary N) is 1. The van der Waals surface area contributed by atoms with Gasteiger partial charge in [0.1, 0.15) is 0 Å². The number of rotatable bonds is 4. The summed E-state index contributed by atoms with van der Waals surface area (Å²) in [7, 11) is 3.91. The first kappa shape index (κ1) is 15.3. The van der Waals surface area contributed by atoms with Gasteiger partial charge < -0.3 is 10.2 Å². The van der Waals surface area contributed by atoms with Crippen LogP contribution in [-0.4, -0.2) is 31.6 Å². The van der Waals surface area contributed by atoms with Crippen LogP contribution >= 0.6 is 15.9 Å². The summed E-state index contributed by atoms with van der Waals surface area (Å²) in [6, 6.07) is 3.89. The third-order valence-corrected chi connectivity index (χ3v) is 3.42. The fraction of sp³-hybridized carbons (Fsp3) is 0.500. The van der Waals surface area contributed by atoms with Crippen LogP contribution in [0.25, 0.3) is 0 Å². The molecule has 0 bridgehead atoms. The van der Waals surface area contributed by atoms with Gasteiger partial charge in [-0.1, -0.05) is 0 Å². The van der Waals surface area contributed by atoms with E-state index < -0.39 is 11.7 Å². The first-order valence-corrected chi connectivity index (χ1v) is 6.28. The number of benzene rings is 1. The topological polar surface area (TPSA) is 15.3 Å². The maximum absolute atomic E-state index is 12.5. The molecule has 6 heteroatoms. The lowest BCUT2D eigenvalue weighted by molar-refractivity contribution is -0.137. The normalized spacial score (nSPS) is 13.8. The molecule has 0 aliphatic heterocycles. The molecule has 2 nitrogen and oxygen atoms in total. The van der Waals surface area contributed by atoms with Gasteiger partial charge in [-0.25, -0.2) is 0 Å². The van der Waals surface area contributed by atoms with Gasteiger partial charge in [-0.3, -0.25) is 0 Å². The highest BCUT2D eigenvalue weighted by Crippen LogP contribution is 2.33. The highest BCUT2D eigenvalue weighted by atomic mass is 79.9. The Bertz CT molecular complexity index is 405. The second kappa shape index (κ2) is 5.93. The molecule has 102 valence electrons. The number of likely N-dealkylation sites (N-methyl/N-ethyl adjacent to an activating group) is 1. The quantitative estimate of drug-likeness (QED) is 0.905. The number of hydrogen-bond donors (Lipinski definition) is 1. The van der Waals surface area contributed by atoms with Crippen molar-refractivity contribution in [2.24, 2.45) is 0 Å². The molecule has 1 rings (SSSR count). The Labute approximate surface area is 113 Å². The monoisotopic (exact) mass is 324 g/mol. The summed E-state index contributed by atoms with van der Waals surface area (Å²) in [5.74, 6) is 0. The lowest BCUT2D eigenvalue weighted by atomic mass is 10.2. The van der Waals surface area contributed by atoms with Crippen LogP contribution in [0.4, 0.5) is 18.9 Å². The van der Waals surface area contributed by atoms with Crippen LogP contribution in [0, 0.1) is 0 Å². The van der Waals surface area contributed by atoms with Crippen molar-refractivity contribution < 1.29 is 13.2 Å². The first-order chi connectivity index (χ1) is 8.21. The summed E-state index contributed by atoms with van der Waals surface area (Å²) in [6.07, 6.45) is -4.31. The van der Waals surface area contributed by atoms with E-state index in [2.05, 4.69) is 21.2 Å². The highest BCUT2D eigenvalue weighted by molar-refractivity contribution is 9.10. The Balaban J connectivity index is 2.75. The lowest BCUT2D eigenvalue weighted by Crippen LogP contribution is -2.31. The lowest BCUT2D eigenvalue weighted by Gasteiger charge is -2.21. The van der Waals surface area contributed by atoms with E-state index in [0.29, 0.717) is 22.7 Å². The third-order valence-electron chi connectivity index (χ3n) is 2.77. The minimum Gasteiger partial charge on any atom is -0.383 e. The summed E-state index contributed by atoms with van der Waals surface area (Å²) in [6.45, 7) is 2.70. The average Bonchev–Trinajstić information content (AvgIpc) is 2.25. The molecule has 0 spiro atoms. The van der Waals surface area contributed by atoms with E-state index in [4.69, 9.17) is 0 Å². The molecule has 0 aliphatic carbocycles. The Morgan fingerprint density at radius 1 is 1.33 bits per heavy atom. The number of nitrogens with zero attached hydrogens (tertiary/aromatic N) is 1. The van der Waals surface area contributed by atoms with Crippen molar-refractivity contribution in [3.63, 3.8) is 0 Å². The minimum absolute atomic E-state index is 0.291. The van der Waals surface area contributed by atoms with Crippen molar-refractivity contribution in [1.29, 1.82) is 0 Å². The van der Waals surface area contributed by atoms with Gasteiger partial charge >= 0.3 is 6.18 Å². The summed E-state index contributed by atoms with van der Waals surface area (Å²) < 4.78 is 37.8. The van der Waals surface area contributed by atoms with E-state index >= 15 is 0 Å². The summed E-state index contributed by atoms with van der Waals surface area (Å²) >= 11 is 3.15. The molecule has 0 saturated carbocycles. The first-order valence-electron chi connectivity index (χ1n) is 5.49. The number of halogens is 4. The van der Waals surface area contributed by atoms with E-state index in [-0.39, 0.29) is 0 Å². The number of anilines is 1. The van der Waals surface area contributed by atoms with Gasteiger partial charge in [0.25, 0.3) is 0 Å². The zero-order chi connectivity index (χ0) is 13.9. The smallest absolute Gasteiger partial charge is 0.383 e. The maximum atomic E-state index is 12.5. The Hall–Kier alpha value is -0.750. The van der Waals surface area contributed by atoms with Gasteiger partial charge in [0, 0.05) is 22.7 Å². The van der Waals surface area contributed by atoms with E-state index in [1.165, 1.54) is 6.07 Å². The highest BCUT2D eigenvalue weighted by Gasteiger charge is 2.30. The van der Waals surface area contributed by atoms with E-state index in [1.807, 2.05) is 25.9 Å². The Morgan fingerprint density at radius 3 is 2.39 bits per heavy atom. The fourth-order valence-corrected chi connectivity index (χ4v) is 1.79. The van der Waals surface area contributed by atoms with Gasteiger partial charge in [0.15, 0.2) is 0 Å². The molecule has 1 unspecified atom stereocenters. The molecule has 0 aliphatic rings. The van der Waals surface area contributed by atoms with Crippen LogP contribution < -0.4 is 5.32 Å². The van der Waals surface area contributed by atoms with E-state index in [9.17, 15) is 13.2 Å². The van der Waals surface area contributed by atoms with Crippen LogP contribution in [-0.2, 0) is 6.18 Å². The second-order valence-electron chi connectivity index (χ2n) is 4.39. The number of hydrogen-bond acceptors (Lipinski definition) is 2. The van der Waals surface area contributed by atoms with Crippen LogP contribution in [0.3, 0.4) is 0 Å². The zero-order valence-electron chi connectivity index (χ0n) is 10.5. The zero-order valence-corrected chi connectivity index (χ0v) is 12.1. The molecular formula is C12H16BrF3N2. The van der Waals surface area contributed by atoms with Gasteiger partial charge in [-0.2, -0.15) is 13.2 Å². The predicted molar refractivity (Wildman–Crippen MR) is 70.8 cm³/mol. The Kier molecular flexibility index (Phi) is 5.04. The molecule has 0 saturated heterocycles. The van der Waals surface area contributed by atoms with Gasteiger partial charge in [0.05, 0.1) is 5.56 Å². The molecule has 0 aromatic heterocycles. The molecule has 18 heavy (non-hydrogen) atoms. The Morgan fingerprint density at radius 2 is 1.94 bits per heavy atom. The minimum atomic E-state index is -4.31. The molecule has 0 radical (unpaired) electrons. The van der Waals surface area contributed by atoms with E-state index in [1.54, 1.807) is 0 Å². The molecule has 0 amide bonds. The molecule has 1 aromatic carbocycles. The van der Waals surface area contributed by atoms with Crippen molar-refractivity contribution in [3.8, 4) is 0 Å². The van der Waals surface area contributed by atoms with Gasteiger partial charge in [0.2, 0.25) is 0 Å². The average molecular weight is 325 g/mol. The predicted octanol–water partition coefficient (Wildman–Crippen LogP) is 3.83. The fourth-order valence-electron chi connectivity index (χ4n) is 1.28. The molecule has 0 fully saturated rings. The molecule has 0 heterocycles. The van der Waals surface area contributed by atoms with E-state index in [0.717, 1.165) is 12.1 Å². The van der Waals surface area contributed by atoms with Crippen molar-refractivity contribution in [2.45, 2.75) is 19.1 Å². The second-order valence-corrected chi connectivity index (χ2v) is 5.24. The standard InChI is InChI=1S/C12H16BrF3N2/c1-8(18(2)3)7-17-11-5-4-9(6-10(11)13)12(14,15)16/h4-6,8,17H,7H2,1-3H3. The van der Waals surface area contributed by atoms with Crippen LogP contribution in [0.2, 0.25) is 0 Å². The maximum Gasteiger partial charge on any atom is 0.416 e. The van der Waals surface area contributed by atoms with Crippen LogP contribution in [0.5, 0.6) is 0 Å². The molecule has 1 aromatic rings. The third kappa shape index (κ3) is 4.17. The SMILES string of the molecule is CC(CNc1ccc(C(F)(F)F)cc1Br)N(C)C. The van der Waals surface area contributed by atoms with Crippen molar-refractivity contribution in [3.05, 3.63) is 28.2 Å². The molecule has 1 atom stereocenters. The van der Waals surface area contributed by atoms with Gasteiger partial charge in [-0.15, -0.1) is 0 Å². The van der Waals surface area contributed by atoms with Crippen molar-refractivity contribution in [2.75, 3.05) is 26.0 Å². The summed E-state index contributed by atoms with van der Waals surface area (Å²) in [4.78, 5) is 2.03. The van der Waals surface area contributed by atoms with Crippen LogP contribution in [0.1, 0.15) is 12.5 Å².